The van der Waals surface area contributed by atoms with Gasteiger partial charge in [-0.05, 0) is 19.9 Å². The number of phenolic OH excluding ortho intramolecular Hbond substituents is 1. The molecule has 16 heavy (non-hydrogen) atoms. The highest BCUT2D eigenvalue weighted by Gasteiger charge is 2.07. The molecule has 2 N–H and O–H groups in total. The molecular weight excluding hydrogens is 202 g/mol. The average molecular weight is 221 g/mol. The molecule has 3 heteroatoms. The van der Waals surface area contributed by atoms with Crippen molar-refractivity contribution in [2.45, 2.75) is 26.4 Å². The lowest BCUT2D eigenvalue weighted by atomic mass is 10.1. The van der Waals surface area contributed by atoms with E-state index in [0.29, 0.717) is 18.9 Å². The van der Waals surface area contributed by atoms with Crippen LogP contribution >= 0.6 is 0 Å². The zero-order valence-corrected chi connectivity index (χ0v) is 9.86. The van der Waals surface area contributed by atoms with E-state index < -0.39 is 0 Å². The summed E-state index contributed by atoms with van der Waals surface area (Å²) in [6.45, 7) is 8.74. The van der Waals surface area contributed by atoms with Crippen LogP contribution in [0.4, 0.5) is 0 Å². The molecule has 0 heterocycles. The molecule has 0 spiro atoms. The van der Waals surface area contributed by atoms with Gasteiger partial charge in [-0.15, -0.1) is 6.58 Å². The molecule has 0 aliphatic rings. The zero-order chi connectivity index (χ0) is 12.0. The summed E-state index contributed by atoms with van der Waals surface area (Å²) in [6.07, 6.45) is 1.82. The van der Waals surface area contributed by atoms with Gasteiger partial charge in [0.05, 0.1) is 6.61 Å². The van der Waals surface area contributed by atoms with Gasteiger partial charge < -0.3 is 15.2 Å². The fourth-order valence-corrected chi connectivity index (χ4v) is 1.34. The Balaban J connectivity index is 2.72. The molecule has 0 aliphatic carbocycles. The number of nitrogens with one attached hydrogen (secondary N) is 1. The number of rotatable bonds is 6. The van der Waals surface area contributed by atoms with Gasteiger partial charge in [0.15, 0.2) is 11.5 Å². The number of hydrogen-bond donors (Lipinski definition) is 2. The largest absolute Gasteiger partial charge is 0.504 e. The molecule has 0 amide bonds. The lowest BCUT2D eigenvalue weighted by Gasteiger charge is -2.12. The fourth-order valence-electron chi connectivity index (χ4n) is 1.34. The van der Waals surface area contributed by atoms with E-state index >= 15 is 0 Å². The van der Waals surface area contributed by atoms with Crippen molar-refractivity contribution in [2.75, 3.05) is 6.61 Å². The normalized spacial score (nSPS) is 12.1. The van der Waals surface area contributed by atoms with Crippen LogP contribution in [0.1, 0.15) is 19.4 Å². The van der Waals surface area contributed by atoms with Crippen LogP contribution in [0.25, 0.3) is 0 Å². The minimum Gasteiger partial charge on any atom is -0.504 e. The minimum absolute atomic E-state index is 0.216. The van der Waals surface area contributed by atoms with E-state index in [1.165, 1.54) is 0 Å². The standard InChI is InChI=1S/C13H19NO2/c1-4-10(3)14-9-11-7-6-8-12(13(11)15)16-5-2/h4,6-8,10,14-15H,1,5,9H2,2-3H3. The first-order valence-corrected chi connectivity index (χ1v) is 5.48. The lowest BCUT2D eigenvalue weighted by molar-refractivity contribution is 0.316. The van der Waals surface area contributed by atoms with Crippen molar-refractivity contribution in [3.63, 3.8) is 0 Å². The summed E-state index contributed by atoms with van der Waals surface area (Å²) in [6, 6.07) is 5.73. The van der Waals surface area contributed by atoms with E-state index in [-0.39, 0.29) is 11.8 Å². The van der Waals surface area contributed by atoms with Gasteiger partial charge in [0, 0.05) is 18.2 Å². The maximum Gasteiger partial charge on any atom is 0.162 e. The van der Waals surface area contributed by atoms with Crippen molar-refractivity contribution >= 4 is 0 Å². The second-order valence-electron chi connectivity index (χ2n) is 3.60. The third-order valence-electron chi connectivity index (χ3n) is 2.35. The summed E-state index contributed by atoms with van der Waals surface area (Å²) >= 11 is 0. The average Bonchev–Trinajstić information content (AvgIpc) is 2.30. The van der Waals surface area contributed by atoms with Gasteiger partial charge in [-0.1, -0.05) is 18.2 Å². The van der Waals surface area contributed by atoms with Crippen molar-refractivity contribution in [1.29, 1.82) is 0 Å². The van der Waals surface area contributed by atoms with Crippen molar-refractivity contribution in [2.24, 2.45) is 0 Å². The van der Waals surface area contributed by atoms with Crippen molar-refractivity contribution < 1.29 is 9.84 Å². The molecule has 1 atom stereocenters. The van der Waals surface area contributed by atoms with E-state index in [2.05, 4.69) is 11.9 Å². The van der Waals surface area contributed by atoms with E-state index in [1.54, 1.807) is 6.07 Å². The number of phenols is 1. The van der Waals surface area contributed by atoms with Crippen molar-refractivity contribution in [3.05, 3.63) is 36.4 Å². The highest BCUT2D eigenvalue weighted by molar-refractivity contribution is 5.45. The Morgan fingerprint density at radius 2 is 2.31 bits per heavy atom. The quantitative estimate of drug-likeness (QED) is 0.725. The van der Waals surface area contributed by atoms with Crippen LogP contribution in [-0.2, 0) is 6.54 Å². The second kappa shape index (κ2) is 6.18. The summed E-state index contributed by atoms with van der Waals surface area (Å²) in [7, 11) is 0. The van der Waals surface area contributed by atoms with Gasteiger partial charge in [-0.2, -0.15) is 0 Å². The first-order chi connectivity index (χ1) is 7.69. The molecule has 0 bridgehead atoms. The molecule has 0 radical (unpaired) electrons. The Hall–Kier alpha value is -1.48. The zero-order valence-electron chi connectivity index (χ0n) is 9.86. The van der Waals surface area contributed by atoms with Crippen molar-refractivity contribution in [3.8, 4) is 11.5 Å². The fraction of sp³-hybridized carbons (Fsp3) is 0.385. The third kappa shape index (κ3) is 3.28. The molecule has 1 aromatic carbocycles. The number of para-hydroxylation sites is 1. The summed E-state index contributed by atoms with van der Waals surface area (Å²) < 4.78 is 5.31. The Morgan fingerprint density at radius 1 is 1.56 bits per heavy atom. The Morgan fingerprint density at radius 3 is 2.94 bits per heavy atom. The molecule has 1 rings (SSSR count). The molecule has 88 valence electrons. The van der Waals surface area contributed by atoms with Gasteiger partial charge in [0.2, 0.25) is 0 Å². The highest BCUT2D eigenvalue weighted by atomic mass is 16.5. The van der Waals surface area contributed by atoms with E-state index in [4.69, 9.17) is 4.74 Å². The molecule has 0 saturated heterocycles. The number of ether oxygens (including phenoxy) is 1. The molecule has 1 aromatic rings. The molecule has 0 aromatic heterocycles. The Labute approximate surface area is 96.8 Å². The van der Waals surface area contributed by atoms with E-state index in [0.717, 1.165) is 5.56 Å². The summed E-state index contributed by atoms with van der Waals surface area (Å²) in [4.78, 5) is 0. The van der Waals surface area contributed by atoms with E-state index in [1.807, 2.05) is 32.1 Å². The maximum absolute atomic E-state index is 9.91. The molecule has 3 nitrogen and oxygen atoms in total. The summed E-state index contributed by atoms with van der Waals surface area (Å²) in [5.41, 5.74) is 0.833. The minimum atomic E-state index is 0.216. The first kappa shape index (κ1) is 12.6. The Bertz CT molecular complexity index is 350. The van der Waals surface area contributed by atoms with Crippen LogP contribution in [0.3, 0.4) is 0 Å². The van der Waals surface area contributed by atoms with Gasteiger partial charge in [-0.3, -0.25) is 0 Å². The molecular formula is C13H19NO2. The number of aromatic hydroxyl groups is 1. The Kier molecular flexibility index (Phi) is 4.86. The predicted octanol–water partition coefficient (Wildman–Crippen LogP) is 2.46. The third-order valence-corrected chi connectivity index (χ3v) is 2.35. The molecule has 1 unspecified atom stereocenters. The topological polar surface area (TPSA) is 41.5 Å². The van der Waals surface area contributed by atoms with Gasteiger partial charge >= 0.3 is 0 Å². The molecule has 0 aliphatic heterocycles. The van der Waals surface area contributed by atoms with Gasteiger partial charge in [0.25, 0.3) is 0 Å². The smallest absolute Gasteiger partial charge is 0.162 e. The maximum atomic E-state index is 9.91. The van der Waals surface area contributed by atoms with Gasteiger partial charge in [0.1, 0.15) is 0 Å². The SMILES string of the molecule is C=CC(C)NCc1cccc(OCC)c1O. The van der Waals surface area contributed by atoms with Crippen LogP contribution < -0.4 is 10.1 Å². The van der Waals surface area contributed by atoms with Crippen LogP contribution in [0.5, 0.6) is 11.5 Å². The monoisotopic (exact) mass is 221 g/mol. The molecule has 0 fully saturated rings. The second-order valence-corrected chi connectivity index (χ2v) is 3.60. The van der Waals surface area contributed by atoms with Crippen LogP contribution in [0.2, 0.25) is 0 Å². The summed E-state index contributed by atoms with van der Waals surface area (Å²) in [5, 5.41) is 13.1. The van der Waals surface area contributed by atoms with Crippen LogP contribution in [0.15, 0.2) is 30.9 Å². The number of hydrogen-bond acceptors (Lipinski definition) is 3. The van der Waals surface area contributed by atoms with Gasteiger partial charge in [-0.25, -0.2) is 0 Å². The first-order valence-electron chi connectivity index (χ1n) is 5.48. The van der Waals surface area contributed by atoms with E-state index in [9.17, 15) is 5.11 Å². The molecule has 0 saturated carbocycles. The predicted molar refractivity (Wildman–Crippen MR) is 65.8 cm³/mol. The van der Waals surface area contributed by atoms with Crippen LogP contribution in [0, 0.1) is 0 Å². The van der Waals surface area contributed by atoms with Crippen LogP contribution in [-0.4, -0.2) is 17.8 Å². The highest BCUT2D eigenvalue weighted by Crippen LogP contribution is 2.29. The van der Waals surface area contributed by atoms with Crippen molar-refractivity contribution in [1.82, 2.24) is 5.32 Å². The lowest BCUT2D eigenvalue weighted by Crippen LogP contribution is -2.22. The summed E-state index contributed by atoms with van der Waals surface area (Å²) in [5.74, 6) is 0.751. The number of benzene rings is 1.